The number of nitriles is 1. The molecule has 0 amide bonds. The molecule has 18 heavy (non-hydrogen) atoms. The van der Waals surface area contributed by atoms with Crippen LogP contribution in [0.1, 0.15) is 17.0 Å². The number of aromatic nitrogens is 2. The first-order valence-corrected chi connectivity index (χ1v) is 6.17. The van der Waals surface area contributed by atoms with E-state index in [9.17, 15) is 0 Å². The molecule has 0 saturated heterocycles. The summed E-state index contributed by atoms with van der Waals surface area (Å²) in [5.74, 6) is 0.438. The summed E-state index contributed by atoms with van der Waals surface area (Å²) in [6.07, 6.45) is 0. The van der Waals surface area contributed by atoms with E-state index in [1.807, 2.05) is 38.1 Å². The lowest BCUT2D eigenvalue weighted by atomic mass is 10.2. The van der Waals surface area contributed by atoms with E-state index < -0.39 is 0 Å². The van der Waals surface area contributed by atoms with E-state index in [-0.39, 0.29) is 0 Å². The normalized spacial score (nSPS) is 9.89. The third kappa shape index (κ3) is 2.84. The van der Waals surface area contributed by atoms with Gasteiger partial charge in [0.2, 0.25) is 5.95 Å². The maximum atomic E-state index is 8.86. The number of halogens is 1. The number of aryl methyl sites for hydroxylation is 2. The van der Waals surface area contributed by atoms with Gasteiger partial charge in [-0.15, -0.1) is 0 Å². The molecule has 0 aliphatic carbocycles. The molecule has 5 heteroatoms. The number of hydrogen-bond acceptors (Lipinski definition) is 4. The van der Waals surface area contributed by atoms with Gasteiger partial charge in [0.1, 0.15) is 11.8 Å². The van der Waals surface area contributed by atoms with E-state index in [0.717, 1.165) is 21.4 Å². The summed E-state index contributed by atoms with van der Waals surface area (Å²) in [6, 6.07) is 9.54. The molecule has 0 aliphatic heterocycles. The summed E-state index contributed by atoms with van der Waals surface area (Å²) < 4.78 is 1.05. The Morgan fingerprint density at radius 1 is 1.22 bits per heavy atom. The lowest BCUT2D eigenvalue weighted by molar-refractivity contribution is 1.09. The first-order valence-electron chi connectivity index (χ1n) is 5.37. The predicted octanol–water partition coefficient (Wildman–Crippen LogP) is 3.47. The van der Waals surface area contributed by atoms with E-state index >= 15 is 0 Å². The van der Waals surface area contributed by atoms with Crippen molar-refractivity contribution in [1.82, 2.24) is 9.97 Å². The van der Waals surface area contributed by atoms with Crippen LogP contribution in [0.4, 0.5) is 11.6 Å². The average Bonchev–Trinajstić information content (AvgIpc) is 2.33. The predicted molar refractivity (Wildman–Crippen MR) is 73.6 cm³/mol. The fourth-order valence-corrected chi connectivity index (χ4v) is 1.78. The maximum absolute atomic E-state index is 8.86. The molecule has 0 atom stereocenters. The standard InChI is InChI=1S/C13H11BrN4/c1-8-5-10(3-4-12(8)14)17-13-16-9(2)6-11(7-15)18-13/h3-6H,1-2H3,(H,16,17,18). The van der Waals surface area contributed by atoms with E-state index in [2.05, 4.69) is 31.2 Å². The number of rotatable bonds is 2. The van der Waals surface area contributed by atoms with E-state index in [1.165, 1.54) is 0 Å². The Kier molecular flexibility index (Phi) is 3.58. The van der Waals surface area contributed by atoms with Crippen LogP contribution in [0, 0.1) is 25.2 Å². The second-order valence-corrected chi connectivity index (χ2v) is 4.77. The van der Waals surface area contributed by atoms with Gasteiger partial charge in [-0.3, -0.25) is 0 Å². The SMILES string of the molecule is Cc1cc(C#N)nc(Nc2ccc(Br)c(C)c2)n1. The Hall–Kier alpha value is -1.93. The smallest absolute Gasteiger partial charge is 0.228 e. The van der Waals surface area contributed by atoms with Gasteiger partial charge in [-0.25, -0.2) is 9.97 Å². The van der Waals surface area contributed by atoms with Crippen molar-refractivity contribution in [3.8, 4) is 6.07 Å². The monoisotopic (exact) mass is 302 g/mol. The summed E-state index contributed by atoms with van der Waals surface area (Å²) in [7, 11) is 0. The molecule has 4 nitrogen and oxygen atoms in total. The largest absolute Gasteiger partial charge is 0.324 e. The second kappa shape index (κ2) is 5.15. The lowest BCUT2D eigenvalue weighted by Crippen LogP contribution is -2.00. The number of nitrogens with zero attached hydrogens (tertiary/aromatic N) is 3. The van der Waals surface area contributed by atoms with Crippen molar-refractivity contribution in [2.75, 3.05) is 5.32 Å². The fourth-order valence-electron chi connectivity index (χ4n) is 1.53. The molecule has 90 valence electrons. The summed E-state index contributed by atoms with van der Waals surface area (Å²) in [6.45, 7) is 3.84. The molecule has 2 aromatic rings. The van der Waals surface area contributed by atoms with Crippen LogP contribution in [-0.2, 0) is 0 Å². The molecular weight excluding hydrogens is 292 g/mol. The Balaban J connectivity index is 2.31. The Bertz CT molecular complexity index is 631. The van der Waals surface area contributed by atoms with Crippen LogP contribution in [0.15, 0.2) is 28.7 Å². The zero-order chi connectivity index (χ0) is 13.1. The molecular formula is C13H11BrN4. The third-order valence-corrected chi connectivity index (χ3v) is 3.27. The fraction of sp³-hybridized carbons (Fsp3) is 0.154. The first kappa shape index (κ1) is 12.5. The minimum absolute atomic E-state index is 0.360. The van der Waals surface area contributed by atoms with E-state index in [1.54, 1.807) is 6.07 Å². The number of anilines is 2. The Morgan fingerprint density at radius 2 is 2.00 bits per heavy atom. The van der Waals surface area contributed by atoms with Crippen LogP contribution < -0.4 is 5.32 Å². The van der Waals surface area contributed by atoms with Gasteiger partial charge in [0.15, 0.2) is 0 Å². The molecule has 0 radical (unpaired) electrons. The van der Waals surface area contributed by atoms with Crippen LogP contribution in [0.3, 0.4) is 0 Å². The molecule has 0 saturated carbocycles. The molecule has 0 aliphatic rings. The van der Waals surface area contributed by atoms with Gasteiger partial charge in [0, 0.05) is 15.9 Å². The van der Waals surface area contributed by atoms with E-state index in [4.69, 9.17) is 5.26 Å². The van der Waals surface area contributed by atoms with Gasteiger partial charge < -0.3 is 5.32 Å². The van der Waals surface area contributed by atoms with Crippen LogP contribution in [0.2, 0.25) is 0 Å². The average molecular weight is 303 g/mol. The van der Waals surface area contributed by atoms with Crippen molar-refractivity contribution in [2.45, 2.75) is 13.8 Å². The summed E-state index contributed by atoms with van der Waals surface area (Å²) in [4.78, 5) is 8.35. The van der Waals surface area contributed by atoms with Gasteiger partial charge >= 0.3 is 0 Å². The maximum Gasteiger partial charge on any atom is 0.228 e. The van der Waals surface area contributed by atoms with Crippen molar-refractivity contribution in [3.63, 3.8) is 0 Å². The molecule has 0 bridgehead atoms. The molecule has 0 unspecified atom stereocenters. The molecule has 0 fully saturated rings. The highest BCUT2D eigenvalue weighted by Gasteiger charge is 2.03. The van der Waals surface area contributed by atoms with Crippen molar-refractivity contribution in [2.24, 2.45) is 0 Å². The summed E-state index contributed by atoms with van der Waals surface area (Å²) in [5.41, 5.74) is 3.13. The van der Waals surface area contributed by atoms with Crippen LogP contribution in [0.5, 0.6) is 0 Å². The highest BCUT2D eigenvalue weighted by atomic mass is 79.9. The third-order valence-electron chi connectivity index (χ3n) is 2.38. The minimum atomic E-state index is 0.360. The van der Waals surface area contributed by atoms with Gasteiger partial charge in [0.25, 0.3) is 0 Å². The van der Waals surface area contributed by atoms with Crippen molar-refractivity contribution >= 4 is 27.6 Å². The van der Waals surface area contributed by atoms with Crippen LogP contribution in [0.25, 0.3) is 0 Å². The molecule has 0 spiro atoms. The Labute approximate surface area is 114 Å². The van der Waals surface area contributed by atoms with Crippen molar-refractivity contribution in [1.29, 1.82) is 5.26 Å². The van der Waals surface area contributed by atoms with Crippen molar-refractivity contribution < 1.29 is 0 Å². The van der Waals surface area contributed by atoms with Crippen LogP contribution >= 0.6 is 15.9 Å². The van der Waals surface area contributed by atoms with Crippen molar-refractivity contribution in [3.05, 3.63) is 45.7 Å². The zero-order valence-electron chi connectivity index (χ0n) is 10.0. The summed E-state index contributed by atoms with van der Waals surface area (Å²) >= 11 is 3.45. The molecule has 1 aromatic carbocycles. The molecule has 1 N–H and O–H groups in total. The van der Waals surface area contributed by atoms with E-state index in [0.29, 0.717) is 11.6 Å². The van der Waals surface area contributed by atoms with Gasteiger partial charge in [-0.2, -0.15) is 5.26 Å². The Morgan fingerprint density at radius 3 is 2.67 bits per heavy atom. The van der Waals surface area contributed by atoms with Gasteiger partial charge in [-0.05, 0) is 43.7 Å². The number of nitrogens with one attached hydrogen (secondary N) is 1. The summed E-state index contributed by atoms with van der Waals surface area (Å²) in [5, 5.41) is 12.0. The molecule has 1 heterocycles. The topological polar surface area (TPSA) is 61.6 Å². The minimum Gasteiger partial charge on any atom is -0.324 e. The van der Waals surface area contributed by atoms with Gasteiger partial charge in [-0.1, -0.05) is 15.9 Å². The van der Waals surface area contributed by atoms with Gasteiger partial charge in [0.05, 0.1) is 0 Å². The highest BCUT2D eigenvalue weighted by molar-refractivity contribution is 9.10. The second-order valence-electron chi connectivity index (χ2n) is 3.92. The highest BCUT2D eigenvalue weighted by Crippen LogP contribution is 2.21. The number of benzene rings is 1. The quantitative estimate of drug-likeness (QED) is 0.922. The number of hydrogen-bond donors (Lipinski definition) is 1. The first-order chi connectivity index (χ1) is 8.58. The van der Waals surface area contributed by atoms with Crippen LogP contribution in [-0.4, -0.2) is 9.97 Å². The molecule has 2 rings (SSSR count). The molecule has 1 aromatic heterocycles. The zero-order valence-corrected chi connectivity index (χ0v) is 11.6. The lowest BCUT2D eigenvalue weighted by Gasteiger charge is -2.07.